The molecule has 0 bridgehead atoms. The van der Waals surface area contributed by atoms with Crippen molar-refractivity contribution in [1.29, 1.82) is 0 Å². The van der Waals surface area contributed by atoms with Crippen LogP contribution in [-0.4, -0.2) is 40.4 Å². The van der Waals surface area contributed by atoms with E-state index in [-0.39, 0.29) is 18.1 Å². The first-order valence-electron chi connectivity index (χ1n) is 10.4. The van der Waals surface area contributed by atoms with E-state index in [1.54, 1.807) is 24.7 Å². The smallest absolute Gasteiger partial charge is 0.277 e. The maximum absolute atomic E-state index is 14.4. The quantitative estimate of drug-likeness (QED) is 0.636. The van der Waals surface area contributed by atoms with Gasteiger partial charge in [-0.1, -0.05) is 30.3 Å². The molecule has 2 aliphatic heterocycles. The van der Waals surface area contributed by atoms with Crippen molar-refractivity contribution < 1.29 is 19.0 Å². The highest BCUT2D eigenvalue weighted by Crippen LogP contribution is 2.42. The normalized spacial score (nSPS) is 19.9. The molecule has 1 N–H and O–H groups in total. The van der Waals surface area contributed by atoms with Crippen molar-refractivity contribution in [2.45, 2.75) is 25.6 Å². The summed E-state index contributed by atoms with van der Waals surface area (Å²) in [5.74, 6) is -0.947. The van der Waals surface area contributed by atoms with Gasteiger partial charge in [-0.25, -0.2) is 4.39 Å². The Bertz CT molecular complexity index is 1270. The molecule has 0 aliphatic carbocycles. The molecule has 3 aromatic rings. The van der Waals surface area contributed by atoms with Gasteiger partial charge in [0.15, 0.2) is 11.4 Å². The second kappa shape index (κ2) is 7.40. The Morgan fingerprint density at radius 3 is 2.59 bits per heavy atom. The monoisotopic (exact) mass is 435 g/mol. The summed E-state index contributed by atoms with van der Waals surface area (Å²) >= 11 is 0. The van der Waals surface area contributed by atoms with Gasteiger partial charge in [0, 0.05) is 36.9 Å². The molecule has 0 fully saturated rings. The molecule has 5 rings (SSSR count). The molecular formula is C24H22FN3O4. The lowest BCUT2D eigenvalue weighted by Crippen LogP contribution is -2.62. The van der Waals surface area contributed by atoms with Crippen LogP contribution in [0.2, 0.25) is 0 Å². The largest absolute Gasteiger partial charge is 0.502 e. The van der Waals surface area contributed by atoms with E-state index in [4.69, 9.17) is 4.74 Å². The summed E-state index contributed by atoms with van der Waals surface area (Å²) in [6.07, 6.45) is 1.51. The van der Waals surface area contributed by atoms with E-state index in [1.165, 1.54) is 23.2 Å². The maximum Gasteiger partial charge on any atom is 0.277 e. The number of aromatic nitrogens is 1. The summed E-state index contributed by atoms with van der Waals surface area (Å²) in [6, 6.07) is 13.5. The molecule has 1 amide bonds. The van der Waals surface area contributed by atoms with E-state index in [9.17, 15) is 19.1 Å². The summed E-state index contributed by atoms with van der Waals surface area (Å²) in [6.45, 7) is 1.94. The molecule has 0 radical (unpaired) electrons. The molecule has 1 aromatic heterocycles. The number of hydrogen-bond acceptors (Lipinski definition) is 5. The Labute approximate surface area is 183 Å². The van der Waals surface area contributed by atoms with Gasteiger partial charge in [-0.15, -0.1) is 0 Å². The standard InChI is InChI=1S/C24H22FN3O4/c1-14-17(25)9-8-16-20(15-6-4-3-5-7-15)28-19(11-13-32-23(14)16)26(2)24(31)21-22(30)18(29)10-12-27(21)28/h3-10,12,19-20,30H,11,13H2,1-2H3/t19-,20+/m1/s1. The highest BCUT2D eigenvalue weighted by atomic mass is 19.1. The van der Waals surface area contributed by atoms with Gasteiger partial charge in [0.2, 0.25) is 5.43 Å². The van der Waals surface area contributed by atoms with Gasteiger partial charge >= 0.3 is 0 Å². The number of aromatic hydroxyl groups is 1. The van der Waals surface area contributed by atoms with E-state index < -0.39 is 29.3 Å². The summed E-state index contributed by atoms with van der Waals surface area (Å²) in [5.41, 5.74) is 1.31. The molecule has 2 aliphatic rings. The number of benzene rings is 2. The van der Waals surface area contributed by atoms with E-state index in [2.05, 4.69) is 0 Å². The number of hydrogen-bond donors (Lipinski definition) is 1. The highest BCUT2D eigenvalue weighted by Gasteiger charge is 2.43. The molecular weight excluding hydrogens is 413 g/mol. The molecule has 2 aromatic carbocycles. The number of ether oxygens (including phenoxy) is 1. The van der Waals surface area contributed by atoms with Crippen LogP contribution >= 0.6 is 0 Å². The number of fused-ring (bicyclic) bond motifs is 4. The average Bonchev–Trinajstić information content (AvgIpc) is 2.78. The summed E-state index contributed by atoms with van der Waals surface area (Å²) < 4.78 is 22.0. The van der Waals surface area contributed by atoms with Crippen LogP contribution in [0.15, 0.2) is 59.5 Å². The second-order valence-electron chi connectivity index (χ2n) is 8.04. The van der Waals surface area contributed by atoms with Crippen LogP contribution < -0.4 is 15.2 Å². The predicted octanol–water partition coefficient (Wildman–Crippen LogP) is 2.92. The van der Waals surface area contributed by atoms with Gasteiger partial charge in [-0.2, -0.15) is 0 Å². The molecule has 3 heterocycles. The van der Waals surface area contributed by atoms with Crippen molar-refractivity contribution >= 4 is 5.91 Å². The zero-order valence-electron chi connectivity index (χ0n) is 17.7. The third kappa shape index (κ3) is 2.86. The minimum atomic E-state index is -0.624. The van der Waals surface area contributed by atoms with E-state index in [1.807, 2.05) is 35.3 Å². The fraction of sp³-hybridized carbons (Fsp3) is 0.250. The Kier molecular flexibility index (Phi) is 4.65. The van der Waals surface area contributed by atoms with Gasteiger partial charge in [-0.05, 0) is 24.6 Å². The number of amides is 1. The molecule has 0 unspecified atom stereocenters. The van der Waals surface area contributed by atoms with Gasteiger partial charge in [0.05, 0.1) is 6.61 Å². The third-order valence-corrected chi connectivity index (χ3v) is 6.25. The van der Waals surface area contributed by atoms with Crippen molar-refractivity contribution in [3.05, 3.63) is 93.2 Å². The fourth-order valence-corrected chi connectivity index (χ4v) is 4.63. The maximum atomic E-state index is 14.4. The summed E-state index contributed by atoms with van der Waals surface area (Å²) in [7, 11) is 1.64. The summed E-state index contributed by atoms with van der Waals surface area (Å²) in [4.78, 5) is 26.8. The van der Waals surface area contributed by atoms with Crippen molar-refractivity contribution in [3.8, 4) is 11.5 Å². The average molecular weight is 435 g/mol. The van der Waals surface area contributed by atoms with Crippen LogP contribution in [0.5, 0.6) is 11.5 Å². The first-order chi connectivity index (χ1) is 15.4. The lowest BCUT2D eigenvalue weighted by Gasteiger charge is -2.50. The van der Waals surface area contributed by atoms with Crippen LogP contribution in [0, 0.1) is 12.7 Å². The molecule has 0 spiro atoms. The first-order valence-corrected chi connectivity index (χ1v) is 10.4. The van der Waals surface area contributed by atoms with Crippen LogP contribution in [0.3, 0.4) is 0 Å². The SMILES string of the molecule is Cc1c(F)ccc2c1OCC[C@@H]1N(C)C(=O)c3c(O)c(=O)ccn3N1[C@H]2c1ccccc1. The third-order valence-electron chi connectivity index (χ3n) is 6.25. The number of rotatable bonds is 1. The molecule has 0 saturated carbocycles. The van der Waals surface area contributed by atoms with Crippen LogP contribution in [0.4, 0.5) is 4.39 Å². The lowest BCUT2D eigenvalue weighted by molar-refractivity contribution is 0.0573. The van der Waals surface area contributed by atoms with E-state index in [0.717, 1.165) is 11.1 Å². The van der Waals surface area contributed by atoms with Crippen molar-refractivity contribution in [2.24, 2.45) is 0 Å². The molecule has 8 heteroatoms. The fourth-order valence-electron chi connectivity index (χ4n) is 4.63. The number of nitrogens with zero attached hydrogens (tertiary/aromatic N) is 3. The van der Waals surface area contributed by atoms with E-state index in [0.29, 0.717) is 17.7 Å². The Balaban J connectivity index is 1.85. The van der Waals surface area contributed by atoms with E-state index >= 15 is 0 Å². The van der Waals surface area contributed by atoms with Gasteiger partial charge in [-0.3, -0.25) is 19.3 Å². The molecule has 2 atom stereocenters. The van der Waals surface area contributed by atoms with Crippen LogP contribution in [-0.2, 0) is 0 Å². The number of carbonyl (C=O) groups is 1. The molecule has 0 saturated heterocycles. The number of halogens is 1. The molecule has 164 valence electrons. The lowest BCUT2D eigenvalue weighted by atomic mass is 9.93. The van der Waals surface area contributed by atoms with Gasteiger partial charge in [0.25, 0.3) is 5.91 Å². The zero-order valence-corrected chi connectivity index (χ0v) is 17.7. The Morgan fingerprint density at radius 1 is 1.09 bits per heavy atom. The highest BCUT2D eigenvalue weighted by molar-refractivity contribution is 5.96. The van der Waals surface area contributed by atoms with Crippen molar-refractivity contribution in [3.63, 3.8) is 0 Å². The van der Waals surface area contributed by atoms with Gasteiger partial charge < -0.3 is 14.7 Å². The van der Waals surface area contributed by atoms with Crippen molar-refractivity contribution in [1.82, 2.24) is 9.58 Å². The zero-order chi connectivity index (χ0) is 22.6. The Hall–Kier alpha value is -3.81. The van der Waals surface area contributed by atoms with Crippen LogP contribution in [0.25, 0.3) is 0 Å². The second-order valence-corrected chi connectivity index (χ2v) is 8.04. The minimum absolute atomic E-state index is 0.0981. The van der Waals surface area contributed by atoms with Gasteiger partial charge in [0.1, 0.15) is 23.8 Å². The molecule has 7 nitrogen and oxygen atoms in total. The minimum Gasteiger partial charge on any atom is -0.502 e. The van der Waals surface area contributed by atoms with Crippen LogP contribution in [0.1, 0.15) is 39.6 Å². The number of carbonyl (C=O) groups excluding carboxylic acids is 1. The van der Waals surface area contributed by atoms with Crippen molar-refractivity contribution in [2.75, 3.05) is 18.7 Å². The topological polar surface area (TPSA) is 75.0 Å². The predicted molar refractivity (Wildman–Crippen MR) is 116 cm³/mol. The summed E-state index contributed by atoms with van der Waals surface area (Å²) in [5, 5.41) is 12.4. The number of pyridine rings is 1. The Morgan fingerprint density at radius 2 is 1.84 bits per heavy atom. The molecule has 32 heavy (non-hydrogen) atoms. The first kappa shape index (κ1) is 20.1.